The van der Waals surface area contributed by atoms with Gasteiger partial charge in [-0.2, -0.15) is 0 Å². The number of hydrogen-bond donors (Lipinski definition) is 2. The highest BCUT2D eigenvalue weighted by atomic mass is 28.4. The summed E-state index contributed by atoms with van der Waals surface area (Å²) in [6.07, 6.45) is 7.67. The monoisotopic (exact) mass is 478 g/mol. The lowest BCUT2D eigenvalue weighted by atomic mass is 9.67. The lowest BCUT2D eigenvalue weighted by Gasteiger charge is -2.46. The molecular weight excluding hydrogens is 436 g/mol. The van der Waals surface area contributed by atoms with E-state index in [4.69, 9.17) is 0 Å². The van der Waals surface area contributed by atoms with Crippen molar-refractivity contribution in [2.45, 2.75) is 90.1 Å². The topological polar surface area (TPSA) is 96.5 Å². The molecule has 0 fully saturated rings. The zero-order chi connectivity index (χ0) is 24.7. The molecular formula is C24H42N2O4Si2. The first-order valence-corrected chi connectivity index (χ1v) is 17.5. The number of pyridine rings is 1. The van der Waals surface area contributed by atoms with Crippen molar-refractivity contribution in [3.8, 4) is 0 Å². The Kier molecular flexibility index (Phi) is 7.66. The molecule has 2 N–H and O–H groups in total. The zero-order valence-electron chi connectivity index (χ0n) is 21.3. The van der Waals surface area contributed by atoms with Gasteiger partial charge >= 0.3 is 0 Å². The molecule has 2 rings (SSSR count). The molecule has 0 saturated carbocycles. The predicted octanol–water partition coefficient (Wildman–Crippen LogP) is 6.38. The van der Waals surface area contributed by atoms with Crippen LogP contribution in [0.2, 0.25) is 36.3 Å². The third-order valence-corrected chi connectivity index (χ3v) is 15.4. The maximum atomic E-state index is 11.6. The number of hydrogen-bond acceptors (Lipinski definition) is 5. The van der Waals surface area contributed by atoms with E-state index >= 15 is 0 Å². The fourth-order valence-electron chi connectivity index (χ4n) is 4.61. The molecule has 1 aromatic rings. The Morgan fingerprint density at radius 1 is 1.09 bits per heavy atom. The van der Waals surface area contributed by atoms with Crippen molar-refractivity contribution in [3.05, 3.63) is 40.2 Å². The smallest absolute Gasteiger partial charge is 0.294 e. The third-order valence-electron chi connectivity index (χ3n) is 8.39. The standard InChI is InChI=1S/C24H42N2O4Si2/c1-17-12-18(20-10-11-25-16-22(20)26(27)28)13-19(14-23(2,3)31(6,7)29)21(17)15-24(4,5)32(8,9)30/h10-11,13,16-17,19,21,29-30H,12,14-15H2,1-9H3/t17-,19+,21+/m0/s1. The van der Waals surface area contributed by atoms with Gasteiger partial charge in [-0.25, -0.2) is 0 Å². The Morgan fingerprint density at radius 3 is 2.12 bits per heavy atom. The summed E-state index contributed by atoms with van der Waals surface area (Å²) in [5, 5.41) is 11.3. The normalized spacial score (nSPS) is 23.1. The summed E-state index contributed by atoms with van der Waals surface area (Å²) in [5.74, 6) is 0.818. The van der Waals surface area contributed by atoms with Gasteiger partial charge in [-0.3, -0.25) is 15.1 Å². The minimum absolute atomic E-state index is 0.0449. The summed E-state index contributed by atoms with van der Waals surface area (Å²) < 4.78 is 0. The first-order valence-electron chi connectivity index (χ1n) is 11.6. The quantitative estimate of drug-likeness (QED) is 0.257. The van der Waals surface area contributed by atoms with Gasteiger partial charge < -0.3 is 9.59 Å². The maximum Gasteiger partial charge on any atom is 0.294 e. The number of allylic oxidation sites excluding steroid dienone is 2. The van der Waals surface area contributed by atoms with Crippen LogP contribution >= 0.6 is 0 Å². The van der Waals surface area contributed by atoms with Gasteiger partial charge in [0, 0.05) is 6.20 Å². The number of nitro groups is 1. The Labute approximate surface area is 195 Å². The van der Waals surface area contributed by atoms with E-state index in [0.29, 0.717) is 17.4 Å². The van der Waals surface area contributed by atoms with Crippen molar-refractivity contribution >= 4 is 27.9 Å². The summed E-state index contributed by atoms with van der Waals surface area (Å²) in [7, 11) is -4.82. The molecule has 0 saturated heterocycles. The Balaban J connectivity index is 2.56. The molecule has 1 aliphatic carbocycles. The second-order valence-corrected chi connectivity index (χ2v) is 21.1. The van der Waals surface area contributed by atoms with E-state index < -0.39 is 16.6 Å². The van der Waals surface area contributed by atoms with Gasteiger partial charge in [0.05, 0.1) is 10.5 Å². The van der Waals surface area contributed by atoms with Crippen LogP contribution in [0.1, 0.15) is 59.4 Å². The lowest BCUT2D eigenvalue weighted by molar-refractivity contribution is -0.385. The summed E-state index contributed by atoms with van der Waals surface area (Å²) in [4.78, 5) is 37.2. The SMILES string of the molecule is C[C@H]1CC(c2ccncc2[N+](=O)[O-])=C[C@H](CC(C)(C)[Si](C)(C)O)[C@@H]1CC(C)(C)[Si](C)(C)O. The molecule has 0 bridgehead atoms. The molecule has 1 aromatic heterocycles. The first-order chi connectivity index (χ1) is 14.4. The fourth-order valence-corrected chi connectivity index (χ4v) is 6.08. The second kappa shape index (κ2) is 9.12. The van der Waals surface area contributed by atoms with E-state index in [0.717, 1.165) is 24.8 Å². The molecule has 32 heavy (non-hydrogen) atoms. The highest BCUT2D eigenvalue weighted by molar-refractivity contribution is 6.73. The second-order valence-electron chi connectivity index (χ2n) is 12.1. The zero-order valence-corrected chi connectivity index (χ0v) is 23.3. The number of nitrogens with zero attached hydrogens (tertiary/aromatic N) is 2. The van der Waals surface area contributed by atoms with Gasteiger partial charge in [0.25, 0.3) is 5.69 Å². The first kappa shape index (κ1) is 26.9. The molecule has 0 amide bonds. The van der Waals surface area contributed by atoms with Crippen LogP contribution in [0.15, 0.2) is 24.5 Å². The summed E-state index contributed by atoms with van der Waals surface area (Å²) in [5.41, 5.74) is 1.69. The van der Waals surface area contributed by atoms with Gasteiger partial charge in [-0.1, -0.05) is 40.7 Å². The van der Waals surface area contributed by atoms with Crippen LogP contribution in [0.4, 0.5) is 5.69 Å². The van der Waals surface area contributed by atoms with E-state index in [1.165, 1.54) is 6.20 Å². The molecule has 3 atom stereocenters. The maximum absolute atomic E-state index is 11.6. The van der Waals surface area contributed by atoms with Gasteiger partial charge in [0.1, 0.15) is 6.20 Å². The van der Waals surface area contributed by atoms with Gasteiger partial charge in [0.15, 0.2) is 16.6 Å². The van der Waals surface area contributed by atoms with Gasteiger partial charge in [-0.05, 0) is 84.9 Å². The van der Waals surface area contributed by atoms with Gasteiger partial charge in [-0.15, -0.1) is 0 Å². The molecule has 0 aliphatic heterocycles. The van der Waals surface area contributed by atoms with E-state index in [2.05, 4.69) is 45.7 Å². The predicted molar refractivity (Wildman–Crippen MR) is 136 cm³/mol. The van der Waals surface area contributed by atoms with Crippen molar-refractivity contribution in [1.29, 1.82) is 0 Å². The van der Waals surface area contributed by atoms with Crippen LogP contribution in [-0.4, -0.2) is 36.1 Å². The van der Waals surface area contributed by atoms with Crippen molar-refractivity contribution in [3.63, 3.8) is 0 Å². The Morgan fingerprint density at radius 2 is 1.62 bits per heavy atom. The van der Waals surface area contributed by atoms with Crippen LogP contribution in [0.25, 0.3) is 5.57 Å². The molecule has 1 aliphatic rings. The lowest BCUT2D eigenvalue weighted by Crippen LogP contribution is -2.44. The van der Waals surface area contributed by atoms with E-state index in [-0.39, 0.29) is 26.6 Å². The summed E-state index contributed by atoms with van der Waals surface area (Å²) in [6, 6.07) is 1.75. The van der Waals surface area contributed by atoms with E-state index in [1.54, 1.807) is 12.3 Å². The van der Waals surface area contributed by atoms with Gasteiger partial charge in [0.2, 0.25) is 0 Å². The van der Waals surface area contributed by atoms with E-state index in [1.807, 2.05) is 26.2 Å². The van der Waals surface area contributed by atoms with Crippen LogP contribution in [-0.2, 0) is 0 Å². The molecule has 1 heterocycles. The summed E-state index contributed by atoms with van der Waals surface area (Å²) in [6.45, 7) is 18.9. The van der Waals surface area contributed by atoms with Crippen LogP contribution in [0, 0.1) is 27.9 Å². The van der Waals surface area contributed by atoms with Crippen molar-refractivity contribution in [2.24, 2.45) is 17.8 Å². The largest absolute Gasteiger partial charge is 0.432 e. The van der Waals surface area contributed by atoms with Crippen molar-refractivity contribution in [2.75, 3.05) is 0 Å². The molecule has 0 unspecified atom stereocenters. The average molecular weight is 479 g/mol. The highest BCUT2D eigenvalue weighted by Gasteiger charge is 2.46. The molecule has 0 radical (unpaired) electrons. The van der Waals surface area contributed by atoms with E-state index in [9.17, 15) is 19.7 Å². The molecule has 6 nitrogen and oxygen atoms in total. The Hall–Kier alpha value is -1.36. The molecule has 8 heteroatoms. The minimum atomic E-state index is -2.43. The average Bonchev–Trinajstić information content (AvgIpc) is 2.62. The Bertz CT molecular complexity index is 869. The van der Waals surface area contributed by atoms with Crippen LogP contribution in [0.3, 0.4) is 0 Å². The fraction of sp³-hybridized carbons (Fsp3) is 0.708. The number of aromatic nitrogens is 1. The molecule has 0 aromatic carbocycles. The highest BCUT2D eigenvalue weighted by Crippen LogP contribution is 2.54. The minimum Gasteiger partial charge on any atom is -0.432 e. The third kappa shape index (κ3) is 5.76. The molecule has 0 spiro atoms. The van der Waals surface area contributed by atoms with Crippen LogP contribution < -0.4 is 0 Å². The van der Waals surface area contributed by atoms with Crippen LogP contribution in [0.5, 0.6) is 0 Å². The van der Waals surface area contributed by atoms with Crippen molar-refractivity contribution in [1.82, 2.24) is 4.98 Å². The molecule has 180 valence electrons. The van der Waals surface area contributed by atoms with Crippen molar-refractivity contribution < 1.29 is 14.5 Å². The summed E-state index contributed by atoms with van der Waals surface area (Å²) >= 11 is 0. The number of rotatable bonds is 8.